The normalized spacial score (nSPS) is 12.3. The van der Waals surface area contributed by atoms with Crippen molar-refractivity contribution in [1.29, 1.82) is 0 Å². The highest BCUT2D eigenvalue weighted by Crippen LogP contribution is 2.26. The summed E-state index contributed by atoms with van der Waals surface area (Å²) in [7, 11) is -4.15. The Morgan fingerprint density at radius 2 is 1.78 bits per heavy atom. The van der Waals surface area contributed by atoms with Gasteiger partial charge in [-0.05, 0) is 46.9 Å². The molecule has 3 nitrogen and oxygen atoms in total. The van der Waals surface area contributed by atoms with Gasteiger partial charge in [-0.15, -0.1) is 0 Å². The Labute approximate surface area is 107 Å². The maximum absolute atomic E-state index is 11.2. The molecule has 0 amide bonds. The van der Waals surface area contributed by atoms with Gasteiger partial charge in [-0.3, -0.25) is 4.55 Å². The van der Waals surface area contributed by atoms with Crippen LogP contribution in [-0.2, 0) is 10.1 Å². The Morgan fingerprint density at radius 3 is 2.33 bits per heavy atom. The van der Waals surface area contributed by atoms with Crippen molar-refractivity contribution in [2.45, 2.75) is 31.6 Å². The molecular formula is C14H16O3S. The van der Waals surface area contributed by atoms with Crippen LogP contribution < -0.4 is 0 Å². The fraction of sp³-hybridized carbons (Fsp3) is 0.286. The van der Waals surface area contributed by atoms with E-state index in [2.05, 4.69) is 13.8 Å². The minimum atomic E-state index is -4.15. The van der Waals surface area contributed by atoms with Gasteiger partial charge in [0.25, 0.3) is 10.1 Å². The van der Waals surface area contributed by atoms with Gasteiger partial charge in [0.15, 0.2) is 0 Å². The maximum Gasteiger partial charge on any atom is 0.294 e. The third-order valence-corrected chi connectivity index (χ3v) is 3.95. The van der Waals surface area contributed by atoms with E-state index in [1.807, 2.05) is 25.1 Å². The van der Waals surface area contributed by atoms with Gasteiger partial charge in [-0.25, -0.2) is 0 Å². The summed E-state index contributed by atoms with van der Waals surface area (Å²) in [5, 5.41) is 1.85. The van der Waals surface area contributed by atoms with Crippen LogP contribution in [0.3, 0.4) is 0 Å². The predicted octanol–water partition coefficient (Wildman–Crippen LogP) is 3.52. The first-order valence-electron chi connectivity index (χ1n) is 5.81. The van der Waals surface area contributed by atoms with Gasteiger partial charge in [0.05, 0.1) is 4.90 Å². The minimum absolute atomic E-state index is 0.0478. The van der Waals surface area contributed by atoms with Crippen molar-refractivity contribution in [1.82, 2.24) is 0 Å². The number of rotatable bonds is 2. The summed E-state index contributed by atoms with van der Waals surface area (Å²) in [6.45, 7) is 6.01. The average Bonchev–Trinajstić information content (AvgIpc) is 2.26. The molecule has 0 aliphatic carbocycles. The van der Waals surface area contributed by atoms with E-state index in [1.165, 1.54) is 12.1 Å². The first kappa shape index (κ1) is 13.1. The average molecular weight is 264 g/mol. The summed E-state index contributed by atoms with van der Waals surface area (Å²) in [6, 6.07) is 9.03. The summed E-state index contributed by atoms with van der Waals surface area (Å²) >= 11 is 0. The molecule has 0 spiro atoms. The third kappa shape index (κ3) is 2.40. The molecule has 0 aliphatic rings. The number of hydrogen-bond acceptors (Lipinski definition) is 2. The maximum atomic E-state index is 11.2. The Morgan fingerprint density at radius 1 is 1.11 bits per heavy atom. The second kappa shape index (κ2) is 4.37. The molecule has 96 valence electrons. The van der Waals surface area contributed by atoms with Crippen LogP contribution in [0.4, 0.5) is 0 Å². The zero-order valence-electron chi connectivity index (χ0n) is 10.6. The van der Waals surface area contributed by atoms with E-state index >= 15 is 0 Å². The lowest BCUT2D eigenvalue weighted by molar-refractivity contribution is 0.483. The summed E-state index contributed by atoms with van der Waals surface area (Å²) in [6.07, 6.45) is 0. The standard InChI is InChI=1S/C14H16O3S/c1-9(2)11-4-5-14-10(3)6-13(18(15,16)17)8-12(14)7-11/h4-9H,1-3H3,(H,15,16,17). The number of fused-ring (bicyclic) bond motifs is 1. The molecule has 0 bridgehead atoms. The van der Waals surface area contributed by atoms with Gasteiger partial charge < -0.3 is 0 Å². The number of aryl methyl sites for hydroxylation is 1. The van der Waals surface area contributed by atoms with Crippen molar-refractivity contribution in [2.75, 3.05) is 0 Å². The molecule has 0 radical (unpaired) electrons. The van der Waals surface area contributed by atoms with Crippen LogP contribution in [0, 0.1) is 6.92 Å². The topological polar surface area (TPSA) is 54.4 Å². The van der Waals surface area contributed by atoms with Gasteiger partial charge >= 0.3 is 0 Å². The highest BCUT2D eigenvalue weighted by molar-refractivity contribution is 7.85. The monoisotopic (exact) mass is 264 g/mol. The van der Waals surface area contributed by atoms with E-state index in [-0.39, 0.29) is 4.90 Å². The molecule has 0 unspecified atom stereocenters. The van der Waals surface area contributed by atoms with Crippen LogP contribution in [0.15, 0.2) is 35.2 Å². The quantitative estimate of drug-likeness (QED) is 0.844. The Kier molecular flexibility index (Phi) is 3.17. The van der Waals surface area contributed by atoms with Gasteiger partial charge in [0.2, 0.25) is 0 Å². The molecule has 0 saturated carbocycles. The van der Waals surface area contributed by atoms with Crippen LogP contribution >= 0.6 is 0 Å². The lowest BCUT2D eigenvalue weighted by atomic mass is 9.97. The van der Waals surface area contributed by atoms with Crippen LogP contribution in [0.5, 0.6) is 0 Å². The molecule has 2 aromatic carbocycles. The van der Waals surface area contributed by atoms with Crippen molar-refractivity contribution in [3.05, 3.63) is 41.5 Å². The predicted molar refractivity (Wildman–Crippen MR) is 72.6 cm³/mol. The Balaban J connectivity index is 2.77. The molecule has 0 heterocycles. The molecule has 2 rings (SSSR count). The molecule has 18 heavy (non-hydrogen) atoms. The van der Waals surface area contributed by atoms with E-state index < -0.39 is 10.1 Å². The highest BCUT2D eigenvalue weighted by atomic mass is 32.2. The number of hydrogen-bond donors (Lipinski definition) is 1. The first-order chi connectivity index (χ1) is 8.29. The van der Waals surface area contributed by atoms with Crippen LogP contribution in [0.2, 0.25) is 0 Å². The molecule has 0 atom stereocenters. The molecule has 1 N–H and O–H groups in total. The summed E-state index contributed by atoms with van der Waals surface area (Å²) in [5.41, 5.74) is 1.99. The van der Waals surface area contributed by atoms with E-state index in [1.54, 1.807) is 0 Å². The van der Waals surface area contributed by atoms with Gasteiger partial charge in [-0.2, -0.15) is 8.42 Å². The van der Waals surface area contributed by atoms with Crippen molar-refractivity contribution >= 4 is 20.9 Å². The Bertz CT molecular complexity index is 700. The molecule has 0 fully saturated rings. The fourth-order valence-corrected chi connectivity index (χ4v) is 2.66. The van der Waals surface area contributed by atoms with Crippen molar-refractivity contribution in [3.8, 4) is 0 Å². The van der Waals surface area contributed by atoms with Crippen LogP contribution in [0.1, 0.15) is 30.9 Å². The SMILES string of the molecule is Cc1cc(S(=O)(=O)O)cc2cc(C(C)C)ccc12. The van der Waals surface area contributed by atoms with Crippen LogP contribution in [-0.4, -0.2) is 13.0 Å². The zero-order chi connectivity index (χ0) is 13.5. The van der Waals surface area contributed by atoms with E-state index in [4.69, 9.17) is 4.55 Å². The van der Waals surface area contributed by atoms with Crippen molar-refractivity contribution < 1.29 is 13.0 Å². The lowest BCUT2D eigenvalue weighted by Gasteiger charge is -2.10. The molecule has 4 heteroatoms. The second-order valence-corrected chi connectivity index (χ2v) is 6.27. The smallest absolute Gasteiger partial charge is 0.282 e. The van der Waals surface area contributed by atoms with Crippen LogP contribution in [0.25, 0.3) is 10.8 Å². The van der Waals surface area contributed by atoms with E-state index in [0.717, 1.165) is 21.9 Å². The van der Waals surface area contributed by atoms with Gasteiger partial charge in [-0.1, -0.05) is 32.0 Å². The third-order valence-electron chi connectivity index (χ3n) is 3.12. The molecular weight excluding hydrogens is 248 g/mol. The summed E-state index contributed by atoms with van der Waals surface area (Å²) in [4.78, 5) is -0.0478. The summed E-state index contributed by atoms with van der Waals surface area (Å²) < 4.78 is 31.5. The highest BCUT2D eigenvalue weighted by Gasteiger charge is 2.12. The van der Waals surface area contributed by atoms with E-state index in [9.17, 15) is 8.42 Å². The summed E-state index contributed by atoms with van der Waals surface area (Å²) in [5.74, 6) is 0.379. The second-order valence-electron chi connectivity index (χ2n) is 4.85. The van der Waals surface area contributed by atoms with Gasteiger partial charge in [0, 0.05) is 0 Å². The lowest BCUT2D eigenvalue weighted by Crippen LogP contribution is -1.99. The first-order valence-corrected chi connectivity index (χ1v) is 7.25. The largest absolute Gasteiger partial charge is 0.294 e. The van der Waals surface area contributed by atoms with Crippen molar-refractivity contribution in [2.24, 2.45) is 0 Å². The molecule has 0 aromatic heterocycles. The number of benzene rings is 2. The molecule has 2 aromatic rings. The Hall–Kier alpha value is -1.39. The molecule has 0 saturated heterocycles. The molecule has 0 aliphatic heterocycles. The fourth-order valence-electron chi connectivity index (χ4n) is 2.05. The van der Waals surface area contributed by atoms with Gasteiger partial charge in [0.1, 0.15) is 0 Å². The van der Waals surface area contributed by atoms with Crippen molar-refractivity contribution in [3.63, 3.8) is 0 Å². The zero-order valence-corrected chi connectivity index (χ0v) is 11.5. The minimum Gasteiger partial charge on any atom is -0.282 e. The van der Waals surface area contributed by atoms with E-state index in [0.29, 0.717) is 5.92 Å².